The van der Waals surface area contributed by atoms with Crippen LogP contribution >= 0.6 is 11.3 Å². The zero-order valence-corrected chi connectivity index (χ0v) is 11.0. The van der Waals surface area contributed by atoms with Crippen LogP contribution in [0.4, 0.5) is 0 Å². The van der Waals surface area contributed by atoms with Gasteiger partial charge in [-0.15, -0.1) is 11.3 Å². The van der Waals surface area contributed by atoms with E-state index < -0.39 is 24.1 Å². The van der Waals surface area contributed by atoms with Gasteiger partial charge in [0.1, 0.15) is 6.10 Å². The first-order valence-corrected chi connectivity index (χ1v) is 6.36. The van der Waals surface area contributed by atoms with Gasteiger partial charge in [-0.05, 0) is 30.0 Å². The minimum atomic E-state index is -1.66. The van der Waals surface area contributed by atoms with Gasteiger partial charge in [0.2, 0.25) is 0 Å². The highest BCUT2D eigenvalue weighted by atomic mass is 32.1. The first-order valence-electron chi connectivity index (χ1n) is 5.48. The Balaban J connectivity index is 2.75. The average molecular weight is 286 g/mol. The summed E-state index contributed by atoms with van der Waals surface area (Å²) in [4.78, 5) is 22.2. The van der Waals surface area contributed by atoms with Gasteiger partial charge in [-0.3, -0.25) is 0 Å². The number of esters is 1. The third-order valence-electron chi connectivity index (χ3n) is 2.20. The Morgan fingerprint density at radius 2 is 2.16 bits per heavy atom. The van der Waals surface area contributed by atoms with Gasteiger partial charge in [-0.25, -0.2) is 9.59 Å². The second-order valence-corrected chi connectivity index (χ2v) is 4.54. The molecule has 0 radical (unpaired) electrons. The lowest BCUT2D eigenvalue weighted by atomic mass is 10.1. The van der Waals surface area contributed by atoms with Crippen molar-refractivity contribution in [2.45, 2.75) is 19.1 Å². The molecule has 0 saturated carbocycles. The average Bonchev–Trinajstić information content (AvgIpc) is 2.83. The summed E-state index contributed by atoms with van der Waals surface area (Å²) in [5, 5.41) is 29.4. The number of carbonyl (C=O) groups is 2. The molecule has 1 aromatic rings. The Kier molecular flexibility index (Phi) is 5.68. The van der Waals surface area contributed by atoms with Crippen LogP contribution in [0.1, 0.15) is 23.5 Å². The molecule has 3 N–H and O–H groups in total. The van der Waals surface area contributed by atoms with Gasteiger partial charge in [-0.1, -0.05) is 0 Å². The molecule has 0 saturated heterocycles. The van der Waals surface area contributed by atoms with Crippen LogP contribution < -0.4 is 0 Å². The molecule has 0 aliphatic rings. The van der Waals surface area contributed by atoms with Crippen molar-refractivity contribution >= 4 is 29.4 Å². The number of carboxylic acids is 1. The minimum absolute atomic E-state index is 0.110. The van der Waals surface area contributed by atoms with Gasteiger partial charge >= 0.3 is 11.9 Å². The highest BCUT2D eigenvalue weighted by molar-refractivity contribution is 7.11. The number of rotatable bonds is 6. The Morgan fingerprint density at radius 1 is 1.47 bits per heavy atom. The lowest BCUT2D eigenvalue weighted by Gasteiger charge is -2.15. The lowest BCUT2D eigenvalue weighted by molar-refractivity contribution is -0.159. The Hall–Kier alpha value is -1.70. The number of thiophene rings is 1. The SMILES string of the molecule is CCOC(=O)C(O)C(O)c1csc(/C=C/C(=O)O)c1. The zero-order valence-electron chi connectivity index (χ0n) is 10.1. The fourth-order valence-corrected chi connectivity index (χ4v) is 2.13. The van der Waals surface area contributed by atoms with Crippen LogP contribution in [-0.2, 0) is 14.3 Å². The maximum absolute atomic E-state index is 11.3. The molecule has 19 heavy (non-hydrogen) atoms. The Morgan fingerprint density at radius 3 is 2.74 bits per heavy atom. The van der Waals surface area contributed by atoms with Crippen LogP contribution in [0.15, 0.2) is 17.5 Å². The van der Waals surface area contributed by atoms with Crippen molar-refractivity contribution in [1.82, 2.24) is 0 Å². The molecular formula is C12H14O6S. The molecule has 0 aromatic carbocycles. The smallest absolute Gasteiger partial charge is 0.338 e. The van der Waals surface area contributed by atoms with Crippen molar-refractivity contribution in [2.24, 2.45) is 0 Å². The molecule has 0 fully saturated rings. The van der Waals surface area contributed by atoms with E-state index in [0.717, 1.165) is 6.08 Å². The number of carboxylic acid groups (broad SMARTS) is 1. The summed E-state index contributed by atoms with van der Waals surface area (Å²) < 4.78 is 4.59. The van der Waals surface area contributed by atoms with Crippen LogP contribution in [0.3, 0.4) is 0 Å². The fraction of sp³-hybridized carbons (Fsp3) is 0.333. The fourth-order valence-electron chi connectivity index (χ4n) is 1.30. The monoisotopic (exact) mass is 286 g/mol. The van der Waals surface area contributed by atoms with Crippen LogP contribution in [0.2, 0.25) is 0 Å². The molecular weight excluding hydrogens is 272 g/mol. The van der Waals surface area contributed by atoms with Gasteiger partial charge in [0.05, 0.1) is 6.61 Å². The topological polar surface area (TPSA) is 104 Å². The largest absolute Gasteiger partial charge is 0.478 e. The van der Waals surface area contributed by atoms with E-state index in [-0.39, 0.29) is 6.61 Å². The number of aliphatic carboxylic acids is 1. The summed E-state index contributed by atoms with van der Waals surface area (Å²) in [5.74, 6) is -1.98. The van der Waals surface area contributed by atoms with Crippen molar-refractivity contribution < 1.29 is 29.6 Å². The van der Waals surface area contributed by atoms with Crippen LogP contribution in [0.25, 0.3) is 6.08 Å². The van der Waals surface area contributed by atoms with Crippen LogP contribution in [0.5, 0.6) is 0 Å². The van der Waals surface area contributed by atoms with E-state index in [1.54, 1.807) is 6.92 Å². The van der Waals surface area contributed by atoms with Crippen molar-refractivity contribution in [3.05, 3.63) is 28.0 Å². The molecule has 2 unspecified atom stereocenters. The molecule has 1 aromatic heterocycles. The van der Waals surface area contributed by atoms with Crippen molar-refractivity contribution in [1.29, 1.82) is 0 Å². The number of hydrogen-bond donors (Lipinski definition) is 3. The molecule has 7 heteroatoms. The molecule has 2 atom stereocenters. The van der Waals surface area contributed by atoms with Gasteiger partial charge in [0, 0.05) is 11.0 Å². The molecule has 0 aliphatic carbocycles. The number of hydrogen-bond acceptors (Lipinski definition) is 6. The number of carbonyl (C=O) groups excluding carboxylic acids is 1. The highest BCUT2D eigenvalue weighted by Gasteiger charge is 2.27. The second-order valence-electron chi connectivity index (χ2n) is 3.60. The molecule has 1 heterocycles. The molecule has 0 amide bonds. The van der Waals surface area contributed by atoms with Crippen molar-refractivity contribution in [3.8, 4) is 0 Å². The summed E-state index contributed by atoms with van der Waals surface area (Å²) in [5.41, 5.74) is 0.329. The lowest BCUT2D eigenvalue weighted by Crippen LogP contribution is -2.29. The molecule has 1 rings (SSSR count). The maximum Gasteiger partial charge on any atom is 0.338 e. The summed E-state index contributed by atoms with van der Waals surface area (Å²) in [6.07, 6.45) is -0.739. The standard InChI is InChI=1S/C12H14O6S/c1-2-18-12(17)11(16)10(15)7-5-8(19-6-7)3-4-9(13)14/h3-6,10-11,15-16H,2H2,1H3,(H,13,14)/b4-3+. The number of ether oxygens (including phenoxy) is 1. The van der Waals surface area contributed by atoms with E-state index in [1.165, 1.54) is 28.9 Å². The van der Waals surface area contributed by atoms with Crippen molar-refractivity contribution in [3.63, 3.8) is 0 Å². The van der Waals surface area contributed by atoms with E-state index in [1.807, 2.05) is 0 Å². The Bertz CT molecular complexity index is 478. The second kappa shape index (κ2) is 7.03. The third kappa shape index (κ3) is 4.47. The summed E-state index contributed by atoms with van der Waals surface area (Å²) in [7, 11) is 0. The number of aliphatic hydroxyl groups excluding tert-OH is 2. The molecule has 104 valence electrons. The van der Waals surface area contributed by atoms with E-state index in [2.05, 4.69) is 4.74 Å². The van der Waals surface area contributed by atoms with E-state index >= 15 is 0 Å². The molecule has 0 spiro atoms. The number of aliphatic hydroxyl groups is 2. The zero-order chi connectivity index (χ0) is 14.4. The Labute approximate surface area is 113 Å². The van der Waals surface area contributed by atoms with Crippen LogP contribution in [0, 0.1) is 0 Å². The molecule has 0 bridgehead atoms. The van der Waals surface area contributed by atoms with Gasteiger partial charge in [0.15, 0.2) is 6.10 Å². The first kappa shape index (κ1) is 15.4. The predicted molar refractivity (Wildman–Crippen MR) is 68.6 cm³/mol. The van der Waals surface area contributed by atoms with Gasteiger partial charge in [0.25, 0.3) is 0 Å². The minimum Gasteiger partial charge on any atom is -0.478 e. The van der Waals surface area contributed by atoms with Crippen LogP contribution in [-0.4, -0.2) is 40.0 Å². The first-order chi connectivity index (χ1) is 8.95. The summed E-state index contributed by atoms with van der Waals surface area (Å²) in [6.45, 7) is 1.70. The highest BCUT2D eigenvalue weighted by Crippen LogP contribution is 2.24. The van der Waals surface area contributed by atoms with Gasteiger partial charge < -0.3 is 20.1 Å². The van der Waals surface area contributed by atoms with E-state index in [0.29, 0.717) is 10.4 Å². The molecule has 6 nitrogen and oxygen atoms in total. The summed E-state index contributed by atoms with van der Waals surface area (Å²) >= 11 is 1.19. The third-order valence-corrected chi connectivity index (χ3v) is 3.11. The van der Waals surface area contributed by atoms with Crippen molar-refractivity contribution in [2.75, 3.05) is 6.61 Å². The van der Waals surface area contributed by atoms with E-state index in [9.17, 15) is 19.8 Å². The molecule has 0 aliphatic heterocycles. The summed E-state index contributed by atoms with van der Waals surface area (Å²) in [6, 6.07) is 1.50. The van der Waals surface area contributed by atoms with E-state index in [4.69, 9.17) is 5.11 Å². The maximum atomic E-state index is 11.3. The normalized spacial score (nSPS) is 14.3. The quantitative estimate of drug-likeness (QED) is 0.528. The van der Waals surface area contributed by atoms with Gasteiger partial charge in [-0.2, -0.15) is 0 Å². The predicted octanol–water partition coefficient (Wildman–Crippen LogP) is 0.803.